The standard InChI is InChI=1S/C36H38N8O4/c45-33-8-7-32(34(46)42-33)44-35(47)27-5-4-25(17-28(27)36(44)48)38-11-1-2-21-14-26(15-21)43-20-24(18-40-43)31-19-39-30-16-23(3-6-29(30)41-31)22-9-12-37-13-10-22/h3-6,16-22,26,32,37-38H,1-2,7-15H2,(H,42,45,46). The number of piperidine rings is 2. The first-order chi connectivity index (χ1) is 23.4. The van der Waals surface area contributed by atoms with Gasteiger partial charge >= 0.3 is 0 Å². The minimum absolute atomic E-state index is 0.0986. The Bertz CT molecular complexity index is 1930. The minimum Gasteiger partial charge on any atom is -0.385 e. The molecule has 246 valence electrons. The van der Waals surface area contributed by atoms with Crippen LogP contribution >= 0.6 is 0 Å². The molecule has 2 saturated heterocycles. The van der Waals surface area contributed by atoms with Crippen LogP contribution in [0, 0.1) is 5.92 Å². The van der Waals surface area contributed by atoms with Crippen molar-refractivity contribution in [2.24, 2.45) is 5.92 Å². The van der Waals surface area contributed by atoms with Crippen LogP contribution in [0.3, 0.4) is 0 Å². The molecule has 12 heteroatoms. The highest BCUT2D eigenvalue weighted by Crippen LogP contribution is 2.40. The molecule has 3 N–H and O–H groups in total. The fourth-order valence-electron chi connectivity index (χ4n) is 7.60. The molecule has 0 bridgehead atoms. The number of nitrogens with zero attached hydrogens (tertiary/aromatic N) is 5. The summed E-state index contributed by atoms with van der Waals surface area (Å²) in [5.74, 6) is -0.771. The Hall–Kier alpha value is -4.97. The molecule has 1 saturated carbocycles. The van der Waals surface area contributed by atoms with Gasteiger partial charge in [-0.25, -0.2) is 4.98 Å². The SMILES string of the molecule is O=C1CCC(N2C(=O)c3ccc(NCCCC4CC(n5cc(-c6cnc7cc(C8CCNCC8)ccc7n6)cn5)C4)cc3C2=O)C(=O)N1. The van der Waals surface area contributed by atoms with Crippen molar-refractivity contribution in [2.75, 3.05) is 25.0 Å². The molecular weight excluding hydrogens is 608 g/mol. The van der Waals surface area contributed by atoms with Gasteiger partial charge in [0.05, 0.1) is 46.3 Å². The smallest absolute Gasteiger partial charge is 0.262 e. The Labute approximate surface area is 277 Å². The minimum atomic E-state index is -0.962. The van der Waals surface area contributed by atoms with Crippen molar-refractivity contribution in [3.8, 4) is 11.3 Å². The van der Waals surface area contributed by atoms with Crippen LogP contribution in [-0.2, 0) is 9.59 Å². The zero-order chi connectivity index (χ0) is 32.8. The van der Waals surface area contributed by atoms with E-state index in [-0.39, 0.29) is 29.9 Å². The molecule has 3 aliphatic heterocycles. The first-order valence-corrected chi connectivity index (χ1v) is 17.0. The third-order valence-electron chi connectivity index (χ3n) is 10.4. The summed E-state index contributed by atoms with van der Waals surface area (Å²) in [5, 5.41) is 13.7. The number of anilines is 1. The van der Waals surface area contributed by atoms with Crippen LogP contribution in [0.5, 0.6) is 0 Å². The molecule has 8 rings (SSSR count). The molecule has 12 nitrogen and oxygen atoms in total. The van der Waals surface area contributed by atoms with Crippen molar-refractivity contribution in [1.82, 2.24) is 35.3 Å². The van der Waals surface area contributed by atoms with Gasteiger partial charge in [0.25, 0.3) is 11.8 Å². The predicted octanol–water partition coefficient (Wildman–Crippen LogP) is 4.20. The maximum Gasteiger partial charge on any atom is 0.262 e. The normalized spacial score (nSPS) is 22.9. The Morgan fingerprint density at radius 1 is 0.896 bits per heavy atom. The van der Waals surface area contributed by atoms with Crippen molar-refractivity contribution in [2.45, 2.75) is 69.4 Å². The molecule has 48 heavy (non-hydrogen) atoms. The summed E-state index contributed by atoms with van der Waals surface area (Å²) in [6.07, 6.45) is 12.6. The van der Waals surface area contributed by atoms with Gasteiger partial charge in [0.2, 0.25) is 11.8 Å². The van der Waals surface area contributed by atoms with Gasteiger partial charge in [-0.3, -0.25) is 39.1 Å². The van der Waals surface area contributed by atoms with E-state index in [9.17, 15) is 19.2 Å². The Morgan fingerprint density at radius 3 is 2.56 bits per heavy atom. The first-order valence-electron chi connectivity index (χ1n) is 17.0. The fourth-order valence-corrected chi connectivity index (χ4v) is 7.60. The molecule has 4 aliphatic rings. The number of fused-ring (bicyclic) bond motifs is 2. The molecule has 0 spiro atoms. The molecule has 4 aromatic rings. The molecule has 1 unspecified atom stereocenters. The van der Waals surface area contributed by atoms with Gasteiger partial charge in [-0.1, -0.05) is 6.07 Å². The Morgan fingerprint density at radius 2 is 1.73 bits per heavy atom. The van der Waals surface area contributed by atoms with Crippen LogP contribution in [0.2, 0.25) is 0 Å². The Kier molecular flexibility index (Phi) is 7.95. The maximum atomic E-state index is 13.1. The van der Waals surface area contributed by atoms with Crippen LogP contribution in [0.25, 0.3) is 22.3 Å². The molecule has 1 aliphatic carbocycles. The number of carbonyl (C=O) groups is 4. The lowest BCUT2D eigenvalue weighted by Gasteiger charge is -2.35. The highest BCUT2D eigenvalue weighted by atomic mass is 16.2. The van der Waals surface area contributed by atoms with Gasteiger partial charge in [-0.05, 0) is 106 Å². The van der Waals surface area contributed by atoms with E-state index in [4.69, 9.17) is 9.97 Å². The number of rotatable bonds is 9. The van der Waals surface area contributed by atoms with Gasteiger partial charge < -0.3 is 10.6 Å². The van der Waals surface area contributed by atoms with Crippen LogP contribution in [0.1, 0.15) is 89.6 Å². The zero-order valence-electron chi connectivity index (χ0n) is 26.7. The highest BCUT2D eigenvalue weighted by molar-refractivity contribution is 6.23. The largest absolute Gasteiger partial charge is 0.385 e. The topological polar surface area (TPSA) is 151 Å². The lowest BCUT2D eigenvalue weighted by molar-refractivity contribution is -0.136. The van der Waals surface area contributed by atoms with Gasteiger partial charge in [0, 0.05) is 30.4 Å². The van der Waals surface area contributed by atoms with E-state index in [1.807, 2.05) is 12.4 Å². The fraction of sp³-hybridized carbons (Fsp3) is 0.417. The first kappa shape index (κ1) is 30.4. The lowest BCUT2D eigenvalue weighted by atomic mass is 9.77. The molecule has 1 atom stereocenters. The molecule has 2 aromatic heterocycles. The summed E-state index contributed by atoms with van der Waals surface area (Å²) in [7, 11) is 0. The summed E-state index contributed by atoms with van der Waals surface area (Å²) in [6, 6.07) is 11.0. The lowest BCUT2D eigenvalue weighted by Crippen LogP contribution is -2.54. The second-order valence-electron chi connectivity index (χ2n) is 13.5. The van der Waals surface area contributed by atoms with Gasteiger partial charge in [0.1, 0.15) is 6.04 Å². The number of benzene rings is 2. The van der Waals surface area contributed by atoms with Gasteiger partial charge in [-0.15, -0.1) is 0 Å². The number of hydrogen-bond donors (Lipinski definition) is 3. The van der Waals surface area contributed by atoms with E-state index in [0.29, 0.717) is 17.9 Å². The van der Waals surface area contributed by atoms with E-state index in [0.717, 1.165) is 91.0 Å². The molecule has 2 aromatic carbocycles. The van der Waals surface area contributed by atoms with Crippen molar-refractivity contribution in [3.05, 3.63) is 71.7 Å². The summed E-state index contributed by atoms with van der Waals surface area (Å²) < 4.78 is 2.07. The third kappa shape index (κ3) is 5.74. The predicted molar refractivity (Wildman–Crippen MR) is 178 cm³/mol. The maximum absolute atomic E-state index is 13.1. The van der Waals surface area contributed by atoms with Crippen LogP contribution in [0.15, 0.2) is 55.0 Å². The van der Waals surface area contributed by atoms with E-state index >= 15 is 0 Å². The van der Waals surface area contributed by atoms with Crippen molar-refractivity contribution < 1.29 is 19.2 Å². The third-order valence-corrected chi connectivity index (χ3v) is 10.4. The quantitative estimate of drug-likeness (QED) is 0.180. The molecule has 4 amide bonds. The summed E-state index contributed by atoms with van der Waals surface area (Å²) in [5.41, 5.74) is 6.35. The summed E-state index contributed by atoms with van der Waals surface area (Å²) >= 11 is 0. The average Bonchev–Trinajstić information content (AvgIpc) is 3.66. The van der Waals surface area contributed by atoms with E-state index < -0.39 is 23.8 Å². The number of carbonyl (C=O) groups excluding carboxylic acids is 4. The molecule has 5 heterocycles. The molecule has 0 radical (unpaired) electrons. The number of imide groups is 2. The number of amides is 4. The second-order valence-corrected chi connectivity index (χ2v) is 13.5. The van der Waals surface area contributed by atoms with Crippen molar-refractivity contribution in [3.63, 3.8) is 0 Å². The number of aromatic nitrogens is 4. The summed E-state index contributed by atoms with van der Waals surface area (Å²) in [4.78, 5) is 60.5. The van der Waals surface area contributed by atoms with Crippen LogP contribution in [0.4, 0.5) is 5.69 Å². The monoisotopic (exact) mass is 646 g/mol. The highest BCUT2D eigenvalue weighted by Gasteiger charge is 2.44. The zero-order valence-corrected chi connectivity index (χ0v) is 26.7. The van der Waals surface area contributed by atoms with Gasteiger partial charge in [-0.2, -0.15) is 5.10 Å². The molecule has 3 fully saturated rings. The van der Waals surface area contributed by atoms with E-state index in [1.54, 1.807) is 18.2 Å². The van der Waals surface area contributed by atoms with Gasteiger partial charge in [0.15, 0.2) is 0 Å². The number of hydrogen-bond acceptors (Lipinski definition) is 9. The Balaban J connectivity index is 0.809. The summed E-state index contributed by atoms with van der Waals surface area (Å²) in [6.45, 7) is 2.88. The van der Waals surface area contributed by atoms with E-state index in [2.05, 4.69) is 50.1 Å². The van der Waals surface area contributed by atoms with Crippen LogP contribution in [-0.4, -0.2) is 74.0 Å². The molecular formula is C36H38N8O4. The van der Waals surface area contributed by atoms with Crippen molar-refractivity contribution >= 4 is 40.3 Å². The van der Waals surface area contributed by atoms with E-state index in [1.165, 1.54) is 5.56 Å². The van der Waals surface area contributed by atoms with Crippen LogP contribution < -0.4 is 16.0 Å². The second kappa shape index (κ2) is 12.6. The number of nitrogens with one attached hydrogen (secondary N) is 3. The average molecular weight is 647 g/mol. The van der Waals surface area contributed by atoms with Crippen molar-refractivity contribution in [1.29, 1.82) is 0 Å².